The zero-order valence-electron chi connectivity index (χ0n) is 15.0. The van der Waals surface area contributed by atoms with Crippen molar-refractivity contribution in [3.05, 3.63) is 86.3 Å². The van der Waals surface area contributed by atoms with Gasteiger partial charge in [-0.3, -0.25) is 0 Å². The topological polar surface area (TPSA) is 62.1 Å². The van der Waals surface area contributed by atoms with Crippen molar-refractivity contribution in [3.63, 3.8) is 0 Å². The molecule has 2 aromatic carbocycles. The largest absolute Gasteiger partial charge is 0.466 e. The number of methoxy groups -OCH3 is 1. The van der Waals surface area contributed by atoms with Gasteiger partial charge in [0.05, 0.1) is 35.9 Å². The SMILES string of the molecule is COC(=O)C1=C(C)NC(c2ccc(Cl)cc2)=C(C#N)C1c1ccc(F)cc1Cl. The number of benzene rings is 2. The first-order valence-corrected chi connectivity index (χ1v) is 9.04. The molecule has 1 N–H and O–H groups in total. The van der Waals surface area contributed by atoms with E-state index in [1.165, 1.54) is 19.2 Å². The van der Waals surface area contributed by atoms with Crippen LogP contribution >= 0.6 is 23.2 Å². The second-order valence-electron chi connectivity index (χ2n) is 6.16. The Morgan fingerprint density at radius 1 is 1.21 bits per heavy atom. The first kappa shape index (κ1) is 19.9. The zero-order valence-corrected chi connectivity index (χ0v) is 16.5. The second-order valence-corrected chi connectivity index (χ2v) is 7.01. The summed E-state index contributed by atoms with van der Waals surface area (Å²) in [5.74, 6) is -1.92. The lowest BCUT2D eigenvalue weighted by Gasteiger charge is -2.30. The van der Waals surface area contributed by atoms with Crippen molar-refractivity contribution < 1.29 is 13.9 Å². The molecule has 142 valence electrons. The molecule has 0 saturated carbocycles. The Morgan fingerprint density at radius 3 is 2.46 bits per heavy atom. The Balaban J connectivity index is 2.28. The van der Waals surface area contributed by atoms with Gasteiger partial charge in [-0.05, 0) is 42.3 Å². The lowest BCUT2D eigenvalue weighted by molar-refractivity contribution is -0.136. The fourth-order valence-corrected chi connectivity index (χ4v) is 3.62. The van der Waals surface area contributed by atoms with Gasteiger partial charge < -0.3 is 10.1 Å². The molecule has 1 heterocycles. The van der Waals surface area contributed by atoms with Gasteiger partial charge in [-0.2, -0.15) is 5.26 Å². The van der Waals surface area contributed by atoms with E-state index >= 15 is 0 Å². The van der Waals surface area contributed by atoms with Crippen LogP contribution in [0.25, 0.3) is 5.70 Å². The Kier molecular flexibility index (Phi) is 5.73. The predicted octanol–water partition coefficient (Wildman–Crippen LogP) is 5.20. The standard InChI is InChI=1S/C21H15Cl2FN2O2/c1-11-18(21(27)28-2)19(15-8-7-14(24)9-17(15)23)16(10-25)20(26-11)12-3-5-13(22)6-4-12/h3-9,19,26H,1-2H3. The molecular weight excluding hydrogens is 402 g/mol. The van der Waals surface area contributed by atoms with Crippen LogP contribution in [-0.4, -0.2) is 13.1 Å². The third-order valence-electron chi connectivity index (χ3n) is 4.50. The summed E-state index contributed by atoms with van der Waals surface area (Å²) in [5, 5.41) is 13.7. The summed E-state index contributed by atoms with van der Waals surface area (Å²) >= 11 is 12.2. The molecule has 0 aromatic heterocycles. The molecule has 0 aliphatic carbocycles. The van der Waals surface area contributed by atoms with Crippen LogP contribution in [0.5, 0.6) is 0 Å². The van der Waals surface area contributed by atoms with E-state index in [2.05, 4.69) is 11.4 Å². The number of ether oxygens (including phenoxy) is 1. The lowest BCUT2D eigenvalue weighted by atomic mass is 9.79. The van der Waals surface area contributed by atoms with Crippen molar-refractivity contribution in [2.45, 2.75) is 12.8 Å². The van der Waals surface area contributed by atoms with E-state index in [0.29, 0.717) is 27.5 Å². The molecule has 0 saturated heterocycles. The minimum Gasteiger partial charge on any atom is -0.466 e. The van der Waals surface area contributed by atoms with Gasteiger partial charge in [-0.15, -0.1) is 0 Å². The molecular formula is C21H15Cl2FN2O2. The van der Waals surface area contributed by atoms with Gasteiger partial charge in [-0.25, -0.2) is 9.18 Å². The molecule has 0 radical (unpaired) electrons. The number of nitriles is 1. The van der Waals surface area contributed by atoms with Crippen molar-refractivity contribution in [1.29, 1.82) is 5.26 Å². The minimum atomic E-state index is -0.808. The molecule has 0 spiro atoms. The first-order chi connectivity index (χ1) is 13.4. The number of esters is 1. The minimum absolute atomic E-state index is 0.115. The molecule has 1 aliphatic heterocycles. The van der Waals surface area contributed by atoms with Crippen LogP contribution in [0, 0.1) is 17.1 Å². The first-order valence-electron chi connectivity index (χ1n) is 8.28. The van der Waals surface area contributed by atoms with Gasteiger partial charge in [0.1, 0.15) is 5.82 Å². The van der Waals surface area contributed by atoms with Crippen molar-refractivity contribution >= 4 is 34.9 Å². The van der Waals surface area contributed by atoms with Crippen LogP contribution in [0.15, 0.2) is 59.3 Å². The number of allylic oxidation sites excluding steroid dienone is 2. The fraction of sp³-hybridized carbons (Fsp3) is 0.143. The number of carbonyl (C=O) groups excluding carboxylic acids is 1. The van der Waals surface area contributed by atoms with Gasteiger partial charge in [0.2, 0.25) is 0 Å². The van der Waals surface area contributed by atoms with Gasteiger partial charge in [0, 0.05) is 15.7 Å². The molecule has 0 amide bonds. The molecule has 1 aliphatic rings. The normalized spacial score (nSPS) is 16.5. The van der Waals surface area contributed by atoms with E-state index < -0.39 is 17.7 Å². The van der Waals surface area contributed by atoms with E-state index in [9.17, 15) is 14.4 Å². The second kappa shape index (κ2) is 8.05. The van der Waals surface area contributed by atoms with Crippen LogP contribution in [0.1, 0.15) is 24.0 Å². The molecule has 0 bridgehead atoms. The van der Waals surface area contributed by atoms with Crippen LogP contribution < -0.4 is 5.32 Å². The number of nitrogens with zero attached hydrogens (tertiary/aromatic N) is 1. The number of dihydropyridines is 1. The van der Waals surface area contributed by atoms with E-state index in [1.54, 1.807) is 31.2 Å². The summed E-state index contributed by atoms with van der Waals surface area (Å²) in [7, 11) is 1.26. The van der Waals surface area contributed by atoms with E-state index in [-0.39, 0.29) is 16.2 Å². The molecule has 1 atom stereocenters. The number of rotatable bonds is 3. The molecule has 1 unspecified atom stereocenters. The Labute approximate surface area is 171 Å². The van der Waals surface area contributed by atoms with Crippen molar-refractivity contribution in [2.24, 2.45) is 0 Å². The number of hydrogen-bond acceptors (Lipinski definition) is 4. The Hall–Kier alpha value is -2.81. The third-order valence-corrected chi connectivity index (χ3v) is 5.07. The van der Waals surface area contributed by atoms with Crippen molar-refractivity contribution in [2.75, 3.05) is 7.11 Å². The van der Waals surface area contributed by atoms with Gasteiger partial charge in [0.25, 0.3) is 0 Å². The smallest absolute Gasteiger partial charge is 0.336 e. The maximum absolute atomic E-state index is 13.6. The highest BCUT2D eigenvalue weighted by Gasteiger charge is 2.36. The summed E-state index contributed by atoms with van der Waals surface area (Å²) in [6.07, 6.45) is 0. The third kappa shape index (κ3) is 3.62. The average molecular weight is 417 g/mol. The molecule has 28 heavy (non-hydrogen) atoms. The number of hydrogen-bond donors (Lipinski definition) is 1. The predicted molar refractivity (Wildman–Crippen MR) is 106 cm³/mol. The summed E-state index contributed by atoms with van der Waals surface area (Å²) in [5.41, 5.74) is 2.70. The number of halogens is 3. The molecule has 4 nitrogen and oxygen atoms in total. The number of nitrogens with one attached hydrogen (secondary N) is 1. The fourth-order valence-electron chi connectivity index (χ4n) is 3.22. The highest BCUT2D eigenvalue weighted by molar-refractivity contribution is 6.31. The summed E-state index contributed by atoms with van der Waals surface area (Å²) in [6, 6.07) is 13.0. The maximum Gasteiger partial charge on any atom is 0.336 e. The van der Waals surface area contributed by atoms with Gasteiger partial charge in [0.15, 0.2) is 0 Å². The van der Waals surface area contributed by atoms with Crippen molar-refractivity contribution in [3.8, 4) is 6.07 Å². The summed E-state index contributed by atoms with van der Waals surface area (Å²) in [4.78, 5) is 12.5. The van der Waals surface area contributed by atoms with Gasteiger partial charge in [-0.1, -0.05) is 41.4 Å². The average Bonchev–Trinajstić information content (AvgIpc) is 2.67. The Morgan fingerprint density at radius 2 is 1.89 bits per heavy atom. The van der Waals surface area contributed by atoms with Crippen LogP contribution in [0.4, 0.5) is 4.39 Å². The zero-order chi connectivity index (χ0) is 20.4. The molecule has 2 aromatic rings. The van der Waals surface area contributed by atoms with E-state index in [0.717, 1.165) is 6.07 Å². The Bertz CT molecular complexity index is 1050. The monoisotopic (exact) mass is 416 g/mol. The maximum atomic E-state index is 13.6. The molecule has 3 rings (SSSR count). The number of carbonyl (C=O) groups is 1. The van der Waals surface area contributed by atoms with E-state index in [4.69, 9.17) is 27.9 Å². The molecule has 0 fully saturated rings. The van der Waals surface area contributed by atoms with Crippen LogP contribution in [0.3, 0.4) is 0 Å². The quantitative estimate of drug-likeness (QED) is 0.698. The summed E-state index contributed by atoms with van der Waals surface area (Å²) < 4.78 is 18.5. The lowest BCUT2D eigenvalue weighted by Crippen LogP contribution is -2.28. The van der Waals surface area contributed by atoms with Crippen molar-refractivity contribution in [1.82, 2.24) is 5.32 Å². The van der Waals surface area contributed by atoms with Crippen LogP contribution in [-0.2, 0) is 9.53 Å². The van der Waals surface area contributed by atoms with Gasteiger partial charge >= 0.3 is 5.97 Å². The highest BCUT2D eigenvalue weighted by Crippen LogP contribution is 2.43. The summed E-state index contributed by atoms with van der Waals surface area (Å²) in [6.45, 7) is 1.71. The van der Waals surface area contributed by atoms with E-state index in [1.807, 2.05) is 0 Å². The highest BCUT2D eigenvalue weighted by atomic mass is 35.5. The molecule has 7 heteroatoms. The van der Waals surface area contributed by atoms with Crippen LogP contribution in [0.2, 0.25) is 10.0 Å².